The summed E-state index contributed by atoms with van der Waals surface area (Å²) in [5, 5.41) is 14.0. The second-order valence-electron chi connectivity index (χ2n) is 8.84. The lowest BCUT2D eigenvalue weighted by atomic mass is 9.98. The SMILES string of the molecule is CON=CN(C1CCN1S(=O)(=O)c1ccccc1)[C@@H](Cc1ccc(-c2c(OC)cccc2OC)cc1)C(=O)O. The van der Waals surface area contributed by atoms with Crippen LogP contribution in [0.25, 0.3) is 11.1 Å². The van der Waals surface area contributed by atoms with E-state index in [4.69, 9.17) is 14.3 Å². The molecule has 3 aromatic carbocycles. The standard InChI is InChI=1S/C28H31N3O7S/c1-36-24-10-7-11-25(37-2)27(24)21-14-12-20(13-15-21)18-23(28(32)33)30(19-29-38-3)26-16-17-31(26)39(34,35)22-8-5-4-6-9-22/h4-15,19,23,26H,16-18H2,1-3H3,(H,32,33)/t23-,26?/m0/s1. The quantitative estimate of drug-likeness (QED) is 0.205. The van der Waals surface area contributed by atoms with Gasteiger partial charge in [-0.2, -0.15) is 4.31 Å². The normalized spacial score (nSPS) is 16.3. The van der Waals surface area contributed by atoms with Crippen LogP contribution in [0.4, 0.5) is 0 Å². The van der Waals surface area contributed by atoms with Gasteiger partial charge in [-0.1, -0.05) is 53.7 Å². The number of nitrogens with zero attached hydrogens (tertiary/aromatic N) is 3. The topological polar surface area (TPSA) is 118 Å². The fraction of sp³-hybridized carbons (Fsp3) is 0.286. The maximum absolute atomic E-state index is 13.3. The van der Waals surface area contributed by atoms with E-state index in [0.29, 0.717) is 17.9 Å². The van der Waals surface area contributed by atoms with Gasteiger partial charge in [0.25, 0.3) is 0 Å². The number of hydrogen-bond donors (Lipinski definition) is 1. The molecule has 39 heavy (non-hydrogen) atoms. The summed E-state index contributed by atoms with van der Waals surface area (Å²) < 4.78 is 38.9. The van der Waals surface area contributed by atoms with Crippen molar-refractivity contribution in [2.75, 3.05) is 27.9 Å². The lowest BCUT2D eigenvalue weighted by Crippen LogP contribution is -2.63. The van der Waals surface area contributed by atoms with Crippen molar-refractivity contribution in [2.24, 2.45) is 5.16 Å². The van der Waals surface area contributed by atoms with Crippen LogP contribution in [-0.2, 0) is 26.1 Å². The Bertz CT molecular complexity index is 1390. The lowest BCUT2D eigenvalue weighted by Gasteiger charge is -2.47. The molecule has 206 valence electrons. The molecule has 3 aromatic rings. The highest BCUT2D eigenvalue weighted by molar-refractivity contribution is 7.89. The number of carbonyl (C=O) groups is 1. The molecular weight excluding hydrogens is 522 g/mol. The summed E-state index contributed by atoms with van der Waals surface area (Å²) in [4.78, 5) is 18.9. The van der Waals surface area contributed by atoms with Gasteiger partial charge in [0.2, 0.25) is 10.0 Å². The van der Waals surface area contributed by atoms with Gasteiger partial charge >= 0.3 is 5.97 Å². The summed E-state index contributed by atoms with van der Waals surface area (Å²) in [6.07, 6.45) is 1.07. The van der Waals surface area contributed by atoms with Crippen LogP contribution in [0.5, 0.6) is 11.5 Å². The molecule has 1 N–H and O–H groups in total. The molecule has 0 aromatic heterocycles. The number of hydrogen-bond acceptors (Lipinski definition) is 7. The number of methoxy groups -OCH3 is 2. The highest BCUT2D eigenvalue weighted by Gasteiger charge is 2.44. The van der Waals surface area contributed by atoms with E-state index < -0.39 is 28.2 Å². The smallest absolute Gasteiger partial charge is 0.326 e. The maximum atomic E-state index is 13.3. The molecule has 1 aliphatic heterocycles. The number of ether oxygens (including phenoxy) is 2. The van der Waals surface area contributed by atoms with Gasteiger partial charge in [-0.25, -0.2) is 13.2 Å². The number of aliphatic carboxylic acids is 1. The van der Waals surface area contributed by atoms with Crippen molar-refractivity contribution in [2.45, 2.75) is 29.9 Å². The zero-order chi connectivity index (χ0) is 28.0. The molecule has 1 unspecified atom stereocenters. The summed E-state index contributed by atoms with van der Waals surface area (Å²) >= 11 is 0. The average Bonchev–Trinajstić information content (AvgIpc) is 2.93. The second kappa shape index (κ2) is 12.2. The van der Waals surface area contributed by atoms with Gasteiger partial charge < -0.3 is 24.3 Å². The predicted octanol–water partition coefficient (Wildman–Crippen LogP) is 3.68. The van der Waals surface area contributed by atoms with Crippen LogP contribution in [0.2, 0.25) is 0 Å². The van der Waals surface area contributed by atoms with Gasteiger partial charge in [-0.3, -0.25) is 0 Å². The van der Waals surface area contributed by atoms with E-state index in [1.807, 2.05) is 42.5 Å². The van der Waals surface area contributed by atoms with Crippen molar-refractivity contribution in [3.05, 3.63) is 78.4 Å². The van der Waals surface area contributed by atoms with Crippen molar-refractivity contribution in [1.29, 1.82) is 0 Å². The number of benzene rings is 3. The highest BCUT2D eigenvalue weighted by Crippen LogP contribution is 2.38. The minimum absolute atomic E-state index is 0.101. The Hall–Kier alpha value is -4.09. The molecule has 10 nitrogen and oxygen atoms in total. The fourth-order valence-corrected chi connectivity index (χ4v) is 6.26. The number of oxime groups is 1. The maximum Gasteiger partial charge on any atom is 0.326 e. The van der Waals surface area contributed by atoms with Crippen LogP contribution in [0.1, 0.15) is 12.0 Å². The highest BCUT2D eigenvalue weighted by atomic mass is 32.2. The zero-order valence-electron chi connectivity index (χ0n) is 21.9. The number of rotatable bonds is 12. The average molecular weight is 554 g/mol. The van der Waals surface area contributed by atoms with Gasteiger partial charge in [-0.05, 0) is 41.8 Å². The van der Waals surface area contributed by atoms with E-state index in [1.54, 1.807) is 32.4 Å². The first kappa shape index (κ1) is 27.9. The molecular formula is C28H31N3O7S. The first-order valence-corrected chi connectivity index (χ1v) is 13.7. The molecule has 1 saturated heterocycles. The van der Waals surface area contributed by atoms with Gasteiger partial charge in [0.05, 0.1) is 30.8 Å². The Morgan fingerprint density at radius 3 is 2.18 bits per heavy atom. The third kappa shape index (κ3) is 5.84. The van der Waals surface area contributed by atoms with E-state index in [-0.39, 0.29) is 17.9 Å². The molecule has 0 saturated carbocycles. The predicted molar refractivity (Wildman–Crippen MR) is 146 cm³/mol. The molecule has 0 bridgehead atoms. The van der Waals surface area contributed by atoms with Crippen molar-refractivity contribution < 1.29 is 32.6 Å². The van der Waals surface area contributed by atoms with Crippen molar-refractivity contribution >= 4 is 22.3 Å². The van der Waals surface area contributed by atoms with E-state index in [1.165, 1.54) is 34.8 Å². The monoisotopic (exact) mass is 553 g/mol. The molecule has 1 aliphatic rings. The molecule has 1 fully saturated rings. The van der Waals surface area contributed by atoms with Gasteiger partial charge in [0, 0.05) is 13.0 Å². The summed E-state index contributed by atoms with van der Waals surface area (Å²) in [7, 11) is 0.682. The lowest BCUT2D eigenvalue weighted by molar-refractivity contribution is -0.144. The summed E-state index contributed by atoms with van der Waals surface area (Å²) in [6, 6.07) is 19.9. The van der Waals surface area contributed by atoms with E-state index >= 15 is 0 Å². The van der Waals surface area contributed by atoms with Crippen LogP contribution in [0.15, 0.2) is 82.8 Å². The molecule has 0 aliphatic carbocycles. The van der Waals surface area contributed by atoms with Gasteiger partial charge in [0.1, 0.15) is 31.0 Å². The Kier molecular flexibility index (Phi) is 8.72. The third-order valence-corrected chi connectivity index (χ3v) is 8.58. The van der Waals surface area contributed by atoms with Crippen molar-refractivity contribution in [3.8, 4) is 22.6 Å². The molecule has 0 radical (unpaired) electrons. The Morgan fingerprint density at radius 2 is 1.67 bits per heavy atom. The molecule has 0 amide bonds. The van der Waals surface area contributed by atoms with Crippen LogP contribution in [-0.4, -0.2) is 75.1 Å². The van der Waals surface area contributed by atoms with Crippen LogP contribution in [0, 0.1) is 0 Å². The van der Waals surface area contributed by atoms with E-state index in [0.717, 1.165) is 16.7 Å². The summed E-state index contributed by atoms with van der Waals surface area (Å²) in [5.74, 6) is 0.186. The fourth-order valence-electron chi connectivity index (χ4n) is 4.61. The Balaban J connectivity index is 1.62. The molecule has 2 atom stereocenters. The minimum Gasteiger partial charge on any atom is -0.496 e. The number of carboxylic acid groups (broad SMARTS) is 1. The first-order valence-electron chi connectivity index (χ1n) is 12.3. The number of sulfonamides is 1. The minimum atomic E-state index is -3.83. The van der Waals surface area contributed by atoms with Gasteiger partial charge in [-0.15, -0.1) is 0 Å². The summed E-state index contributed by atoms with van der Waals surface area (Å²) in [6.45, 7) is 0.265. The van der Waals surface area contributed by atoms with Crippen molar-refractivity contribution in [3.63, 3.8) is 0 Å². The Labute approximate surface area is 228 Å². The zero-order valence-corrected chi connectivity index (χ0v) is 22.7. The molecule has 11 heteroatoms. The molecule has 0 spiro atoms. The van der Waals surface area contributed by atoms with Crippen LogP contribution in [0.3, 0.4) is 0 Å². The Morgan fingerprint density at radius 1 is 1.03 bits per heavy atom. The molecule has 4 rings (SSSR count). The third-order valence-electron chi connectivity index (χ3n) is 6.66. The van der Waals surface area contributed by atoms with Gasteiger partial charge in [0.15, 0.2) is 0 Å². The first-order chi connectivity index (χ1) is 18.8. The van der Waals surface area contributed by atoms with Crippen molar-refractivity contribution in [1.82, 2.24) is 9.21 Å². The van der Waals surface area contributed by atoms with E-state index in [2.05, 4.69) is 5.16 Å². The largest absolute Gasteiger partial charge is 0.496 e. The van der Waals surface area contributed by atoms with Crippen LogP contribution >= 0.6 is 0 Å². The second-order valence-corrected chi connectivity index (χ2v) is 10.7. The van der Waals surface area contributed by atoms with E-state index in [9.17, 15) is 18.3 Å². The number of carboxylic acids is 1. The molecule has 1 heterocycles. The van der Waals surface area contributed by atoms with Crippen LogP contribution < -0.4 is 9.47 Å². The summed E-state index contributed by atoms with van der Waals surface area (Å²) in [5.41, 5.74) is 2.37.